The van der Waals surface area contributed by atoms with Crippen LogP contribution in [0.3, 0.4) is 0 Å². The van der Waals surface area contributed by atoms with Crippen LogP contribution in [-0.4, -0.2) is 9.97 Å². The number of imidazole rings is 1. The third kappa shape index (κ3) is 1.52. The third-order valence-corrected chi connectivity index (χ3v) is 3.95. The van der Waals surface area contributed by atoms with Gasteiger partial charge in [0, 0.05) is 0 Å². The molecular weight excluding hydrogens is 263 g/mol. The smallest absolute Gasteiger partial charge is 0.150 e. The number of fused-ring (bicyclic) bond motifs is 1. The summed E-state index contributed by atoms with van der Waals surface area (Å²) in [7, 11) is 0. The normalized spacial score (nSPS) is 11.1. The van der Waals surface area contributed by atoms with E-state index in [9.17, 15) is 0 Å². The van der Waals surface area contributed by atoms with Gasteiger partial charge in [0.2, 0.25) is 0 Å². The summed E-state index contributed by atoms with van der Waals surface area (Å²) in [6, 6.07) is 7.52. The minimum Gasteiger partial charge on any atom is -0.337 e. The van der Waals surface area contributed by atoms with Crippen molar-refractivity contribution in [2.24, 2.45) is 0 Å². The average molecular weight is 269 g/mol. The summed E-state index contributed by atoms with van der Waals surface area (Å²) in [5.74, 6) is 0.767. The minimum atomic E-state index is 0.646. The van der Waals surface area contributed by atoms with E-state index in [1.54, 1.807) is 11.3 Å². The van der Waals surface area contributed by atoms with Crippen LogP contribution in [0, 0.1) is 0 Å². The molecule has 80 valence electrons. The molecule has 0 amide bonds. The summed E-state index contributed by atoms with van der Waals surface area (Å²) in [5, 5.41) is 3.29. The Labute approximate surface area is 106 Å². The van der Waals surface area contributed by atoms with Gasteiger partial charge in [-0.15, -0.1) is 11.3 Å². The second-order valence-electron chi connectivity index (χ2n) is 3.32. The summed E-state index contributed by atoms with van der Waals surface area (Å²) in [5.41, 5.74) is 1.70. The van der Waals surface area contributed by atoms with E-state index in [0.29, 0.717) is 10.0 Å². The molecule has 16 heavy (non-hydrogen) atoms. The molecule has 0 unspecified atom stereocenters. The Morgan fingerprint density at radius 3 is 2.69 bits per heavy atom. The quantitative estimate of drug-likeness (QED) is 0.687. The number of benzene rings is 1. The van der Waals surface area contributed by atoms with Crippen LogP contribution in [0.1, 0.15) is 0 Å². The molecule has 0 bridgehead atoms. The van der Waals surface area contributed by atoms with E-state index in [1.165, 1.54) is 0 Å². The number of hydrogen-bond donors (Lipinski definition) is 1. The number of rotatable bonds is 1. The standard InChI is InChI=1S/C11H6Cl2N2S/c12-6-2-1-3-8-9(6)15-11(14-8)10-7(13)4-5-16-10/h1-5H,(H,14,15). The number of hydrogen-bond acceptors (Lipinski definition) is 2. The molecule has 5 heteroatoms. The van der Waals surface area contributed by atoms with Crippen molar-refractivity contribution >= 4 is 45.6 Å². The van der Waals surface area contributed by atoms with Crippen molar-refractivity contribution in [1.82, 2.24) is 9.97 Å². The first-order chi connectivity index (χ1) is 7.75. The van der Waals surface area contributed by atoms with Crippen LogP contribution >= 0.6 is 34.5 Å². The molecular formula is C11H6Cl2N2S. The Hall–Kier alpha value is -1.03. The number of thiophene rings is 1. The van der Waals surface area contributed by atoms with Gasteiger partial charge in [-0.25, -0.2) is 4.98 Å². The van der Waals surface area contributed by atoms with Gasteiger partial charge in [0.25, 0.3) is 0 Å². The molecule has 0 atom stereocenters. The van der Waals surface area contributed by atoms with Crippen LogP contribution in [0.2, 0.25) is 10.0 Å². The molecule has 2 heterocycles. The molecule has 1 aromatic carbocycles. The number of H-pyrrole nitrogens is 1. The number of halogens is 2. The van der Waals surface area contributed by atoms with Crippen LogP contribution in [0.4, 0.5) is 0 Å². The molecule has 0 aliphatic rings. The van der Waals surface area contributed by atoms with E-state index in [4.69, 9.17) is 23.2 Å². The first-order valence-corrected chi connectivity index (χ1v) is 6.27. The molecule has 0 aliphatic heterocycles. The van der Waals surface area contributed by atoms with E-state index in [0.717, 1.165) is 21.7 Å². The highest BCUT2D eigenvalue weighted by Gasteiger charge is 2.11. The van der Waals surface area contributed by atoms with Crippen molar-refractivity contribution in [3.05, 3.63) is 39.7 Å². The van der Waals surface area contributed by atoms with Crippen molar-refractivity contribution in [3.63, 3.8) is 0 Å². The van der Waals surface area contributed by atoms with E-state index >= 15 is 0 Å². The molecule has 0 saturated heterocycles. The Morgan fingerprint density at radius 2 is 2.00 bits per heavy atom. The molecule has 0 spiro atoms. The van der Waals surface area contributed by atoms with E-state index < -0.39 is 0 Å². The number of nitrogens with one attached hydrogen (secondary N) is 1. The Kier molecular flexibility index (Phi) is 2.39. The van der Waals surface area contributed by atoms with Gasteiger partial charge in [0.05, 0.1) is 20.4 Å². The van der Waals surface area contributed by atoms with Crippen molar-refractivity contribution in [2.45, 2.75) is 0 Å². The molecule has 2 aromatic heterocycles. The van der Waals surface area contributed by atoms with Gasteiger partial charge in [-0.2, -0.15) is 0 Å². The molecule has 0 saturated carbocycles. The predicted octanol–water partition coefficient (Wildman–Crippen LogP) is 4.60. The maximum Gasteiger partial charge on any atom is 0.150 e. The van der Waals surface area contributed by atoms with Crippen LogP contribution in [0.15, 0.2) is 29.6 Å². The summed E-state index contributed by atoms with van der Waals surface area (Å²) in [6.45, 7) is 0. The summed E-state index contributed by atoms with van der Waals surface area (Å²) in [6.07, 6.45) is 0. The molecule has 0 aliphatic carbocycles. The largest absolute Gasteiger partial charge is 0.337 e. The lowest BCUT2D eigenvalue weighted by Crippen LogP contribution is -1.74. The van der Waals surface area contributed by atoms with Crippen LogP contribution in [0.5, 0.6) is 0 Å². The zero-order valence-electron chi connectivity index (χ0n) is 8.00. The van der Waals surface area contributed by atoms with E-state index in [1.807, 2.05) is 29.6 Å². The highest BCUT2D eigenvalue weighted by Crippen LogP contribution is 2.33. The second-order valence-corrected chi connectivity index (χ2v) is 5.05. The lowest BCUT2D eigenvalue weighted by atomic mass is 10.3. The Morgan fingerprint density at radius 1 is 1.12 bits per heavy atom. The molecule has 3 rings (SSSR count). The fraction of sp³-hybridized carbons (Fsp3) is 0. The van der Waals surface area contributed by atoms with Gasteiger partial charge in [-0.3, -0.25) is 0 Å². The predicted molar refractivity (Wildman–Crippen MR) is 69.4 cm³/mol. The summed E-state index contributed by atoms with van der Waals surface area (Å²) < 4.78 is 0. The maximum atomic E-state index is 6.06. The number of aromatic amines is 1. The summed E-state index contributed by atoms with van der Waals surface area (Å²) in [4.78, 5) is 8.60. The lowest BCUT2D eigenvalue weighted by Gasteiger charge is -1.90. The topological polar surface area (TPSA) is 28.7 Å². The van der Waals surface area contributed by atoms with Gasteiger partial charge in [0.1, 0.15) is 11.3 Å². The number of nitrogens with zero attached hydrogens (tertiary/aromatic N) is 1. The van der Waals surface area contributed by atoms with Crippen LogP contribution in [-0.2, 0) is 0 Å². The Balaban J connectivity index is 2.27. The van der Waals surface area contributed by atoms with E-state index in [2.05, 4.69) is 9.97 Å². The first kappa shape index (κ1) is 10.1. The highest BCUT2D eigenvalue weighted by molar-refractivity contribution is 7.14. The minimum absolute atomic E-state index is 0.646. The fourth-order valence-electron chi connectivity index (χ4n) is 1.57. The lowest BCUT2D eigenvalue weighted by molar-refractivity contribution is 1.36. The SMILES string of the molecule is Clc1ccsc1-c1nc2c(Cl)cccc2[nH]1. The third-order valence-electron chi connectivity index (χ3n) is 2.30. The zero-order chi connectivity index (χ0) is 11.1. The molecule has 1 N–H and O–H groups in total. The average Bonchev–Trinajstić information content (AvgIpc) is 2.84. The van der Waals surface area contributed by atoms with Crippen LogP contribution < -0.4 is 0 Å². The molecule has 2 nitrogen and oxygen atoms in total. The number of aromatic nitrogens is 2. The molecule has 0 radical (unpaired) electrons. The maximum absolute atomic E-state index is 6.06. The van der Waals surface area contributed by atoms with E-state index in [-0.39, 0.29) is 0 Å². The van der Waals surface area contributed by atoms with Crippen molar-refractivity contribution < 1.29 is 0 Å². The number of para-hydroxylation sites is 1. The van der Waals surface area contributed by atoms with Gasteiger partial charge in [0.15, 0.2) is 0 Å². The van der Waals surface area contributed by atoms with Gasteiger partial charge >= 0.3 is 0 Å². The zero-order valence-corrected chi connectivity index (χ0v) is 10.3. The molecule has 3 aromatic rings. The monoisotopic (exact) mass is 268 g/mol. The Bertz CT molecular complexity index is 657. The first-order valence-electron chi connectivity index (χ1n) is 4.63. The van der Waals surface area contributed by atoms with Crippen molar-refractivity contribution in [1.29, 1.82) is 0 Å². The molecule has 0 fully saturated rings. The summed E-state index contributed by atoms with van der Waals surface area (Å²) >= 11 is 13.7. The van der Waals surface area contributed by atoms with Crippen LogP contribution in [0.25, 0.3) is 21.7 Å². The highest BCUT2D eigenvalue weighted by atomic mass is 35.5. The van der Waals surface area contributed by atoms with Crippen molar-refractivity contribution in [3.8, 4) is 10.7 Å². The second kappa shape index (κ2) is 3.77. The van der Waals surface area contributed by atoms with Crippen molar-refractivity contribution in [2.75, 3.05) is 0 Å². The van der Waals surface area contributed by atoms with Gasteiger partial charge in [-0.1, -0.05) is 29.3 Å². The van der Waals surface area contributed by atoms with Gasteiger partial charge in [-0.05, 0) is 23.6 Å². The van der Waals surface area contributed by atoms with Gasteiger partial charge < -0.3 is 4.98 Å². The fourth-order valence-corrected chi connectivity index (χ4v) is 2.87.